The van der Waals surface area contributed by atoms with Crippen LogP contribution in [0.2, 0.25) is 0 Å². The molecule has 1 aliphatic rings. The lowest BCUT2D eigenvalue weighted by atomic mass is 10.0. The standard InChI is InChI=1S/C11H19BrN2O/c1-10(2-4-12)3-5-14-6-7-15-11(8-13)9-14/h10-11H,2-7,9H2,1H3. The van der Waals surface area contributed by atoms with Crippen LogP contribution in [0.3, 0.4) is 0 Å². The molecular weight excluding hydrogens is 256 g/mol. The van der Waals surface area contributed by atoms with E-state index in [0.717, 1.165) is 30.9 Å². The van der Waals surface area contributed by atoms with Gasteiger partial charge in [-0.05, 0) is 25.3 Å². The fraction of sp³-hybridized carbons (Fsp3) is 0.909. The summed E-state index contributed by atoms with van der Waals surface area (Å²) < 4.78 is 5.30. The monoisotopic (exact) mass is 274 g/mol. The van der Waals surface area contributed by atoms with E-state index in [-0.39, 0.29) is 6.10 Å². The van der Waals surface area contributed by atoms with Gasteiger partial charge in [0.05, 0.1) is 12.7 Å². The summed E-state index contributed by atoms with van der Waals surface area (Å²) in [6, 6.07) is 2.18. The maximum atomic E-state index is 8.76. The molecular formula is C11H19BrN2O. The molecule has 15 heavy (non-hydrogen) atoms. The number of hydrogen-bond donors (Lipinski definition) is 0. The third kappa shape index (κ3) is 4.96. The molecule has 1 rings (SSSR count). The molecule has 0 aromatic rings. The van der Waals surface area contributed by atoms with Crippen LogP contribution >= 0.6 is 15.9 Å². The fourth-order valence-electron chi connectivity index (χ4n) is 1.72. The van der Waals surface area contributed by atoms with Gasteiger partial charge in [-0.1, -0.05) is 22.9 Å². The van der Waals surface area contributed by atoms with E-state index in [1.165, 1.54) is 12.8 Å². The Balaban J connectivity index is 2.18. The summed E-state index contributed by atoms with van der Waals surface area (Å²) >= 11 is 3.46. The quantitative estimate of drug-likeness (QED) is 0.720. The molecule has 1 saturated heterocycles. The molecule has 2 atom stereocenters. The number of nitrogens with zero attached hydrogens (tertiary/aromatic N) is 2. The minimum Gasteiger partial charge on any atom is -0.361 e. The topological polar surface area (TPSA) is 36.3 Å². The number of rotatable bonds is 5. The van der Waals surface area contributed by atoms with Crippen molar-refractivity contribution in [3.05, 3.63) is 0 Å². The molecule has 0 radical (unpaired) electrons. The Labute approximate surface area is 101 Å². The maximum absolute atomic E-state index is 8.76. The number of halogens is 1. The molecule has 1 fully saturated rings. The average Bonchev–Trinajstić information content (AvgIpc) is 2.27. The molecule has 1 aliphatic heterocycles. The number of nitriles is 1. The van der Waals surface area contributed by atoms with Crippen molar-refractivity contribution in [1.82, 2.24) is 4.90 Å². The molecule has 0 amide bonds. The largest absolute Gasteiger partial charge is 0.361 e. The van der Waals surface area contributed by atoms with Gasteiger partial charge in [0.2, 0.25) is 0 Å². The Morgan fingerprint density at radius 1 is 1.60 bits per heavy atom. The van der Waals surface area contributed by atoms with Gasteiger partial charge in [0.15, 0.2) is 6.10 Å². The second-order valence-corrected chi connectivity index (χ2v) is 4.95. The lowest BCUT2D eigenvalue weighted by Crippen LogP contribution is -2.42. The molecule has 0 aliphatic carbocycles. The molecule has 0 N–H and O–H groups in total. The maximum Gasteiger partial charge on any atom is 0.156 e. The van der Waals surface area contributed by atoms with Crippen LogP contribution in [0, 0.1) is 17.2 Å². The van der Waals surface area contributed by atoms with Crippen LogP contribution < -0.4 is 0 Å². The van der Waals surface area contributed by atoms with Gasteiger partial charge in [-0.2, -0.15) is 5.26 Å². The highest BCUT2D eigenvalue weighted by Crippen LogP contribution is 2.12. The van der Waals surface area contributed by atoms with E-state index >= 15 is 0 Å². The fourth-order valence-corrected chi connectivity index (χ4v) is 2.50. The first-order chi connectivity index (χ1) is 7.26. The van der Waals surface area contributed by atoms with Crippen molar-refractivity contribution in [3.63, 3.8) is 0 Å². The third-order valence-electron chi connectivity index (χ3n) is 2.83. The highest BCUT2D eigenvalue weighted by atomic mass is 79.9. The highest BCUT2D eigenvalue weighted by Gasteiger charge is 2.19. The molecule has 1 heterocycles. The Bertz CT molecular complexity index is 217. The molecule has 0 aromatic heterocycles. The van der Waals surface area contributed by atoms with Gasteiger partial charge in [0.25, 0.3) is 0 Å². The first kappa shape index (κ1) is 13.0. The van der Waals surface area contributed by atoms with Gasteiger partial charge in [0.1, 0.15) is 0 Å². The Morgan fingerprint density at radius 3 is 3.07 bits per heavy atom. The zero-order valence-electron chi connectivity index (χ0n) is 9.29. The van der Waals surface area contributed by atoms with E-state index in [4.69, 9.17) is 10.00 Å². The van der Waals surface area contributed by atoms with E-state index in [0.29, 0.717) is 6.61 Å². The van der Waals surface area contributed by atoms with Crippen LogP contribution in [0.15, 0.2) is 0 Å². The van der Waals surface area contributed by atoms with Crippen LogP contribution in [0.5, 0.6) is 0 Å². The highest BCUT2D eigenvalue weighted by molar-refractivity contribution is 9.09. The summed E-state index contributed by atoms with van der Waals surface area (Å²) in [7, 11) is 0. The normalized spacial score (nSPS) is 24.7. The lowest BCUT2D eigenvalue weighted by molar-refractivity contribution is -0.00106. The second-order valence-electron chi connectivity index (χ2n) is 4.16. The number of ether oxygens (including phenoxy) is 1. The van der Waals surface area contributed by atoms with Crippen LogP contribution in [-0.2, 0) is 4.74 Å². The van der Waals surface area contributed by atoms with Crippen LogP contribution in [0.1, 0.15) is 19.8 Å². The summed E-state index contributed by atoms with van der Waals surface area (Å²) in [5.74, 6) is 0.757. The van der Waals surface area contributed by atoms with Gasteiger partial charge in [-0.25, -0.2) is 0 Å². The van der Waals surface area contributed by atoms with Crippen molar-refractivity contribution in [2.45, 2.75) is 25.9 Å². The van der Waals surface area contributed by atoms with E-state index in [1.54, 1.807) is 0 Å². The summed E-state index contributed by atoms with van der Waals surface area (Å²) in [5.41, 5.74) is 0. The smallest absolute Gasteiger partial charge is 0.156 e. The van der Waals surface area contributed by atoms with Crippen molar-refractivity contribution < 1.29 is 4.74 Å². The van der Waals surface area contributed by atoms with E-state index < -0.39 is 0 Å². The van der Waals surface area contributed by atoms with Gasteiger partial charge < -0.3 is 4.74 Å². The zero-order chi connectivity index (χ0) is 11.1. The van der Waals surface area contributed by atoms with Gasteiger partial charge in [0, 0.05) is 18.4 Å². The molecule has 2 unspecified atom stereocenters. The van der Waals surface area contributed by atoms with Crippen molar-refractivity contribution >= 4 is 15.9 Å². The second kappa shape index (κ2) is 7.21. The summed E-state index contributed by atoms with van der Waals surface area (Å²) in [5, 5.41) is 9.84. The Morgan fingerprint density at radius 2 is 2.40 bits per heavy atom. The van der Waals surface area contributed by atoms with Crippen LogP contribution in [0.25, 0.3) is 0 Å². The zero-order valence-corrected chi connectivity index (χ0v) is 10.9. The molecule has 0 aromatic carbocycles. The minimum absolute atomic E-state index is 0.217. The number of hydrogen-bond acceptors (Lipinski definition) is 3. The Hall–Kier alpha value is -0.110. The van der Waals surface area contributed by atoms with E-state index in [9.17, 15) is 0 Å². The predicted octanol–water partition coefficient (Wildman–Crippen LogP) is 2.02. The predicted molar refractivity (Wildman–Crippen MR) is 64.0 cm³/mol. The van der Waals surface area contributed by atoms with Crippen molar-refractivity contribution in [1.29, 1.82) is 5.26 Å². The summed E-state index contributed by atoms with van der Waals surface area (Å²) in [6.45, 7) is 5.82. The number of morpholine rings is 1. The molecule has 0 spiro atoms. The van der Waals surface area contributed by atoms with Gasteiger partial charge in [-0.15, -0.1) is 0 Å². The van der Waals surface area contributed by atoms with Crippen molar-refractivity contribution in [3.8, 4) is 6.07 Å². The van der Waals surface area contributed by atoms with E-state index in [2.05, 4.69) is 33.8 Å². The third-order valence-corrected chi connectivity index (χ3v) is 3.29. The summed E-state index contributed by atoms with van der Waals surface area (Å²) in [4.78, 5) is 2.34. The van der Waals surface area contributed by atoms with Crippen LogP contribution in [0.4, 0.5) is 0 Å². The Kier molecular flexibility index (Phi) is 6.23. The molecule has 86 valence electrons. The van der Waals surface area contributed by atoms with Gasteiger partial charge >= 0.3 is 0 Å². The van der Waals surface area contributed by atoms with E-state index in [1.807, 2.05) is 0 Å². The molecule has 0 saturated carbocycles. The molecule has 3 nitrogen and oxygen atoms in total. The summed E-state index contributed by atoms with van der Waals surface area (Å²) in [6.07, 6.45) is 2.22. The first-order valence-corrected chi connectivity index (χ1v) is 6.68. The van der Waals surface area contributed by atoms with Crippen molar-refractivity contribution in [2.24, 2.45) is 5.92 Å². The molecule has 0 bridgehead atoms. The van der Waals surface area contributed by atoms with Crippen LogP contribution in [-0.4, -0.2) is 42.6 Å². The van der Waals surface area contributed by atoms with Gasteiger partial charge in [-0.3, -0.25) is 4.90 Å². The molecule has 4 heteroatoms. The van der Waals surface area contributed by atoms with Crippen molar-refractivity contribution in [2.75, 3.05) is 31.6 Å². The lowest BCUT2D eigenvalue weighted by Gasteiger charge is -2.30. The number of alkyl halides is 1. The first-order valence-electron chi connectivity index (χ1n) is 5.55. The minimum atomic E-state index is -0.217. The SMILES string of the molecule is CC(CCBr)CCN1CCOC(C#N)C1. The average molecular weight is 275 g/mol.